The average Bonchev–Trinajstić information content (AvgIpc) is 2.41. The molecule has 0 bridgehead atoms. The molecule has 0 radical (unpaired) electrons. The molecule has 0 aliphatic heterocycles. The van der Waals surface area contributed by atoms with Gasteiger partial charge in [0.05, 0.1) is 10.6 Å². The smallest absolute Gasteiger partial charge is 0.410 e. The average molecular weight is 302 g/mol. The molecule has 0 aliphatic rings. The third-order valence-corrected chi connectivity index (χ3v) is 2.72. The maximum Gasteiger partial charge on any atom is 0.417 e. The van der Waals surface area contributed by atoms with Crippen LogP contribution < -0.4 is 0 Å². The number of pyridine rings is 2. The Bertz CT molecular complexity index is 644. The molecule has 4 nitrogen and oxygen atoms in total. The van der Waals surface area contributed by atoms with Gasteiger partial charge in [-0.1, -0.05) is 16.8 Å². The van der Waals surface area contributed by atoms with Crippen molar-refractivity contribution in [3.8, 4) is 0 Å². The molecule has 0 spiro atoms. The summed E-state index contributed by atoms with van der Waals surface area (Å²) in [6.45, 7) is 0. The van der Waals surface area contributed by atoms with Crippen LogP contribution in [0.15, 0.2) is 41.9 Å². The second-order valence-electron chi connectivity index (χ2n) is 3.74. The van der Waals surface area contributed by atoms with E-state index in [1.54, 1.807) is 12.1 Å². The summed E-state index contributed by atoms with van der Waals surface area (Å²) >= 11 is 5.78. The second-order valence-corrected chi connectivity index (χ2v) is 4.15. The van der Waals surface area contributed by atoms with Crippen molar-refractivity contribution in [1.82, 2.24) is 9.97 Å². The van der Waals surface area contributed by atoms with E-state index in [0.29, 0.717) is 11.8 Å². The molecular weight excluding hydrogens is 295 g/mol. The monoisotopic (exact) mass is 301 g/mol. The number of nitrogens with zero attached hydrogens (tertiary/aromatic N) is 3. The van der Waals surface area contributed by atoms with E-state index in [2.05, 4.69) is 15.1 Å². The predicted molar refractivity (Wildman–Crippen MR) is 65.9 cm³/mol. The normalized spacial score (nSPS) is 12.5. The van der Waals surface area contributed by atoms with E-state index in [9.17, 15) is 13.2 Å². The number of hydrogen-bond acceptors (Lipinski definition) is 4. The van der Waals surface area contributed by atoms with Gasteiger partial charge < -0.3 is 5.21 Å². The Morgan fingerprint density at radius 3 is 2.55 bits per heavy atom. The fraction of sp³-hybridized carbons (Fsp3) is 0.0833. The summed E-state index contributed by atoms with van der Waals surface area (Å²) in [7, 11) is 0. The van der Waals surface area contributed by atoms with Crippen molar-refractivity contribution in [3.63, 3.8) is 0 Å². The lowest BCUT2D eigenvalue weighted by molar-refractivity contribution is -0.137. The highest BCUT2D eigenvalue weighted by molar-refractivity contribution is 6.35. The van der Waals surface area contributed by atoms with Gasteiger partial charge in [-0.3, -0.25) is 9.97 Å². The first kappa shape index (κ1) is 14.3. The van der Waals surface area contributed by atoms with Crippen molar-refractivity contribution >= 4 is 17.3 Å². The van der Waals surface area contributed by atoms with Crippen molar-refractivity contribution < 1.29 is 18.4 Å². The first-order valence-corrected chi connectivity index (χ1v) is 5.67. The fourth-order valence-corrected chi connectivity index (χ4v) is 1.77. The molecule has 2 rings (SSSR count). The van der Waals surface area contributed by atoms with Crippen LogP contribution in [0.25, 0.3) is 0 Å². The van der Waals surface area contributed by atoms with E-state index < -0.39 is 11.7 Å². The lowest BCUT2D eigenvalue weighted by Crippen LogP contribution is -2.11. The molecule has 0 saturated carbocycles. The molecule has 20 heavy (non-hydrogen) atoms. The van der Waals surface area contributed by atoms with Gasteiger partial charge in [-0.2, -0.15) is 13.2 Å². The summed E-state index contributed by atoms with van der Waals surface area (Å²) < 4.78 is 37.6. The topological polar surface area (TPSA) is 58.4 Å². The highest BCUT2D eigenvalue weighted by Gasteiger charge is 2.32. The number of halogens is 4. The molecule has 8 heteroatoms. The van der Waals surface area contributed by atoms with Gasteiger partial charge in [0.15, 0.2) is 0 Å². The molecule has 0 amide bonds. The summed E-state index contributed by atoms with van der Waals surface area (Å²) in [6, 6.07) is 3.88. The van der Waals surface area contributed by atoms with Crippen molar-refractivity contribution in [2.75, 3.05) is 0 Å². The van der Waals surface area contributed by atoms with Crippen LogP contribution in [0.5, 0.6) is 0 Å². The van der Waals surface area contributed by atoms with Gasteiger partial charge in [-0.15, -0.1) is 0 Å². The number of oxime groups is 1. The minimum Gasteiger partial charge on any atom is -0.410 e. The van der Waals surface area contributed by atoms with Gasteiger partial charge in [-0.25, -0.2) is 0 Å². The van der Waals surface area contributed by atoms with Crippen molar-refractivity contribution in [1.29, 1.82) is 0 Å². The van der Waals surface area contributed by atoms with E-state index in [0.717, 1.165) is 6.07 Å². The molecule has 2 aromatic rings. The third kappa shape index (κ3) is 2.88. The molecule has 0 saturated heterocycles. The zero-order valence-electron chi connectivity index (χ0n) is 9.76. The molecule has 0 atom stereocenters. The van der Waals surface area contributed by atoms with Crippen molar-refractivity contribution in [2.24, 2.45) is 5.16 Å². The van der Waals surface area contributed by atoms with E-state index in [4.69, 9.17) is 16.8 Å². The fourth-order valence-electron chi connectivity index (χ4n) is 1.51. The van der Waals surface area contributed by atoms with E-state index >= 15 is 0 Å². The molecule has 1 N–H and O–H groups in total. The summed E-state index contributed by atoms with van der Waals surface area (Å²) in [4.78, 5) is 7.44. The van der Waals surface area contributed by atoms with Crippen LogP contribution >= 0.6 is 11.6 Å². The molecule has 0 aromatic carbocycles. The lowest BCUT2D eigenvalue weighted by atomic mass is 10.1. The van der Waals surface area contributed by atoms with Gasteiger partial charge in [-0.05, 0) is 18.2 Å². The van der Waals surface area contributed by atoms with Gasteiger partial charge in [0, 0.05) is 24.2 Å². The van der Waals surface area contributed by atoms with Gasteiger partial charge in [0.2, 0.25) is 0 Å². The number of alkyl halides is 3. The van der Waals surface area contributed by atoms with Gasteiger partial charge in [0.25, 0.3) is 0 Å². The minimum atomic E-state index is -4.54. The standard InChI is InChI=1S/C12H7ClF3N3O/c13-9-4-8(12(14,15)16)6-18-11(9)10(19-20)7-2-1-3-17-5-7/h1-6,20H. The Morgan fingerprint density at radius 1 is 1.30 bits per heavy atom. The summed E-state index contributed by atoms with van der Waals surface area (Å²) in [5, 5.41) is 11.8. The molecule has 0 unspecified atom stereocenters. The zero-order valence-corrected chi connectivity index (χ0v) is 10.5. The quantitative estimate of drug-likeness (QED) is 0.525. The molecular formula is C12H7ClF3N3O. The second kappa shape index (κ2) is 5.46. The zero-order chi connectivity index (χ0) is 14.8. The molecule has 0 aliphatic carbocycles. The number of aromatic nitrogens is 2. The number of hydrogen-bond donors (Lipinski definition) is 1. The molecule has 0 fully saturated rings. The van der Waals surface area contributed by atoms with Crippen LogP contribution in [-0.4, -0.2) is 20.9 Å². The van der Waals surface area contributed by atoms with Crippen LogP contribution in [-0.2, 0) is 6.18 Å². The van der Waals surface area contributed by atoms with E-state index in [1.807, 2.05) is 0 Å². The Hall–Kier alpha value is -2.15. The SMILES string of the molecule is ON=C(c1cccnc1)c1ncc(C(F)(F)F)cc1Cl. The Kier molecular flexibility index (Phi) is 3.89. The summed E-state index contributed by atoms with van der Waals surface area (Å²) in [5.41, 5.74) is -0.717. The molecule has 104 valence electrons. The van der Waals surface area contributed by atoms with Crippen LogP contribution in [0.2, 0.25) is 5.02 Å². The van der Waals surface area contributed by atoms with Crippen LogP contribution in [0.3, 0.4) is 0 Å². The highest BCUT2D eigenvalue weighted by Crippen LogP contribution is 2.31. The van der Waals surface area contributed by atoms with Crippen LogP contribution in [0.1, 0.15) is 16.8 Å². The molecule has 2 heterocycles. The lowest BCUT2D eigenvalue weighted by Gasteiger charge is -2.10. The molecule has 2 aromatic heterocycles. The summed E-state index contributed by atoms with van der Waals surface area (Å²) in [6.07, 6.45) is -1.03. The van der Waals surface area contributed by atoms with E-state index in [-0.39, 0.29) is 16.4 Å². The maximum atomic E-state index is 12.5. The van der Waals surface area contributed by atoms with Crippen molar-refractivity contribution in [3.05, 3.63) is 58.6 Å². The maximum absolute atomic E-state index is 12.5. The number of rotatable bonds is 2. The minimum absolute atomic E-state index is 0.0585. The Balaban J connectivity index is 2.48. The first-order valence-electron chi connectivity index (χ1n) is 5.29. The van der Waals surface area contributed by atoms with Gasteiger partial charge in [0.1, 0.15) is 11.4 Å². The third-order valence-electron chi connectivity index (χ3n) is 2.43. The predicted octanol–water partition coefficient (Wildman–Crippen LogP) is 3.38. The van der Waals surface area contributed by atoms with Gasteiger partial charge >= 0.3 is 6.18 Å². The largest absolute Gasteiger partial charge is 0.417 e. The van der Waals surface area contributed by atoms with Crippen LogP contribution in [0, 0.1) is 0 Å². The van der Waals surface area contributed by atoms with Crippen molar-refractivity contribution in [2.45, 2.75) is 6.18 Å². The summed E-state index contributed by atoms with van der Waals surface area (Å²) in [5.74, 6) is 0. The highest BCUT2D eigenvalue weighted by atomic mass is 35.5. The Morgan fingerprint density at radius 2 is 2.05 bits per heavy atom. The van der Waals surface area contributed by atoms with Crippen LogP contribution in [0.4, 0.5) is 13.2 Å². The van der Waals surface area contributed by atoms with E-state index in [1.165, 1.54) is 12.4 Å². The Labute approximate surface area is 116 Å². The first-order chi connectivity index (χ1) is 9.43.